The Hall–Kier alpha value is -2.72. The fraction of sp³-hybridized carbons (Fsp3) is 0.417. The van der Waals surface area contributed by atoms with Crippen LogP contribution in [-0.4, -0.2) is 44.6 Å². The van der Waals surface area contributed by atoms with E-state index >= 15 is 0 Å². The van der Waals surface area contributed by atoms with E-state index in [0.717, 1.165) is 30.3 Å². The number of imidazole rings is 1. The van der Waals surface area contributed by atoms with Gasteiger partial charge in [-0.25, -0.2) is 4.98 Å². The van der Waals surface area contributed by atoms with Crippen molar-refractivity contribution in [3.05, 3.63) is 59.9 Å². The number of ether oxygens (including phenoxy) is 1. The van der Waals surface area contributed by atoms with E-state index in [-0.39, 0.29) is 17.7 Å². The number of amides is 1. The largest absolute Gasteiger partial charge is 0.573 e. The Morgan fingerprint density at radius 1 is 1.29 bits per heavy atom. The second-order valence-corrected chi connectivity index (χ2v) is 9.38. The molecule has 0 bridgehead atoms. The summed E-state index contributed by atoms with van der Waals surface area (Å²) in [7, 11) is 0. The molecule has 0 aliphatic heterocycles. The van der Waals surface area contributed by atoms with Crippen molar-refractivity contribution in [3.63, 3.8) is 0 Å². The number of hydrogen-bond donors (Lipinski definition) is 3. The number of hydrogen-bond acceptors (Lipinski definition) is 5. The zero-order valence-electron chi connectivity index (χ0n) is 18.7. The average molecular weight is 493 g/mol. The third kappa shape index (κ3) is 5.85. The van der Waals surface area contributed by atoms with Crippen molar-refractivity contribution in [2.24, 2.45) is 0 Å². The van der Waals surface area contributed by atoms with E-state index in [2.05, 4.69) is 20.0 Å². The van der Waals surface area contributed by atoms with Gasteiger partial charge in [0, 0.05) is 19.1 Å². The maximum absolute atomic E-state index is 13.3. The minimum atomic E-state index is -4.73. The van der Waals surface area contributed by atoms with Crippen LogP contribution >= 0.6 is 12.6 Å². The summed E-state index contributed by atoms with van der Waals surface area (Å²) < 4.78 is 41.6. The van der Waals surface area contributed by atoms with E-state index in [1.165, 1.54) is 18.2 Å². The van der Waals surface area contributed by atoms with Gasteiger partial charge < -0.3 is 14.6 Å². The van der Waals surface area contributed by atoms with Crippen LogP contribution in [-0.2, 0) is 6.54 Å². The number of nitrogens with zero attached hydrogens (tertiary/aromatic N) is 2. The highest BCUT2D eigenvalue weighted by Gasteiger charge is 2.37. The highest BCUT2D eigenvalue weighted by atomic mass is 32.1. The summed E-state index contributed by atoms with van der Waals surface area (Å²) in [5.41, 5.74) is 2.21. The zero-order chi connectivity index (χ0) is 24.3. The van der Waals surface area contributed by atoms with E-state index in [0.29, 0.717) is 30.9 Å². The molecule has 1 fully saturated rings. The second-order valence-electron chi connectivity index (χ2n) is 8.52. The molecule has 0 spiro atoms. The lowest BCUT2D eigenvalue weighted by molar-refractivity contribution is -0.274. The average Bonchev–Trinajstić information content (AvgIpc) is 3.22. The Labute approximate surface area is 201 Å². The normalized spacial score (nSPS) is 20.9. The molecule has 2 aromatic carbocycles. The first-order valence-corrected chi connectivity index (χ1v) is 11.7. The number of carbonyl (C=O) groups is 1. The van der Waals surface area contributed by atoms with Crippen LogP contribution in [0.4, 0.5) is 13.2 Å². The number of alkyl halides is 3. The molecule has 1 amide bonds. The van der Waals surface area contributed by atoms with Crippen molar-refractivity contribution >= 4 is 29.6 Å². The third-order valence-electron chi connectivity index (χ3n) is 6.09. The number of nitrogens with one attached hydrogen (secondary N) is 2. The quantitative estimate of drug-likeness (QED) is 0.310. The lowest BCUT2D eigenvalue weighted by Crippen LogP contribution is -2.51. The van der Waals surface area contributed by atoms with Crippen molar-refractivity contribution in [1.29, 1.82) is 0 Å². The lowest BCUT2D eigenvalue weighted by atomic mass is 9.88. The van der Waals surface area contributed by atoms with Gasteiger partial charge in [-0.15, -0.1) is 13.2 Å². The maximum atomic E-state index is 13.3. The molecule has 2 atom stereocenters. The molecule has 0 radical (unpaired) electrons. The number of para-hydroxylation sites is 2. The second kappa shape index (κ2) is 9.87. The molecule has 1 aliphatic carbocycles. The predicted octanol–water partition coefficient (Wildman–Crippen LogP) is 5.28. The van der Waals surface area contributed by atoms with Gasteiger partial charge in [-0.3, -0.25) is 10.1 Å². The Bertz CT molecular complexity index is 1120. The summed E-state index contributed by atoms with van der Waals surface area (Å²) in [6.07, 6.45) is -1.64. The number of carbonyl (C=O) groups excluding carboxylic acids is 1. The summed E-state index contributed by atoms with van der Waals surface area (Å²) in [6, 6.07) is 13.4. The molecule has 182 valence electrons. The number of aromatic amines is 1. The molecule has 1 heterocycles. The number of thiol groups is 1. The molecular formula is C24H27F3N4O2S. The van der Waals surface area contributed by atoms with Crippen LogP contribution in [0.25, 0.3) is 11.0 Å². The van der Waals surface area contributed by atoms with Gasteiger partial charge in [0.05, 0.1) is 15.9 Å². The minimum Gasteiger partial charge on any atom is -0.406 e. The van der Waals surface area contributed by atoms with Crippen LogP contribution in [0.2, 0.25) is 0 Å². The van der Waals surface area contributed by atoms with Crippen molar-refractivity contribution < 1.29 is 22.7 Å². The van der Waals surface area contributed by atoms with Gasteiger partial charge in [-0.05, 0) is 62.4 Å². The van der Waals surface area contributed by atoms with Crippen LogP contribution in [0.15, 0.2) is 48.5 Å². The number of H-pyrrole nitrogens is 1. The van der Waals surface area contributed by atoms with E-state index in [1.807, 2.05) is 36.1 Å². The Kier molecular flexibility index (Phi) is 7.09. The van der Waals surface area contributed by atoms with Gasteiger partial charge in [0.15, 0.2) is 5.82 Å². The van der Waals surface area contributed by atoms with Gasteiger partial charge >= 0.3 is 6.36 Å². The molecule has 2 N–H and O–H groups in total. The number of aromatic nitrogens is 2. The van der Waals surface area contributed by atoms with Crippen molar-refractivity contribution in [3.8, 4) is 5.75 Å². The number of fused-ring (bicyclic) bond motifs is 1. The molecule has 1 unspecified atom stereocenters. The predicted molar refractivity (Wildman–Crippen MR) is 127 cm³/mol. The molecular weight excluding hydrogens is 465 g/mol. The summed E-state index contributed by atoms with van der Waals surface area (Å²) in [5.74, 6) is -0.0961. The maximum Gasteiger partial charge on any atom is 0.573 e. The summed E-state index contributed by atoms with van der Waals surface area (Å²) in [5, 5.41) is 3.38. The van der Waals surface area contributed by atoms with Gasteiger partial charge in [-0.1, -0.05) is 24.3 Å². The number of benzene rings is 2. The Morgan fingerprint density at radius 3 is 2.82 bits per heavy atom. The standard InChI is InChI=1S/C24H27F3N4O2S/c1-2-31(22(32)21-29-19-10-3-4-11-20(19)30-21)17-8-6-12-23(34,14-17)28-15-16-7-5-9-18(13-16)33-24(25,26)27/h3-5,7,9-11,13,17,28,34H,2,6,8,12,14-15H2,1H3,(H,29,30)/t17-,23?/m0/s1. The molecule has 10 heteroatoms. The summed E-state index contributed by atoms with van der Waals surface area (Å²) in [6.45, 7) is 2.80. The molecule has 0 saturated heterocycles. The topological polar surface area (TPSA) is 70.2 Å². The van der Waals surface area contributed by atoms with Gasteiger partial charge in [0.2, 0.25) is 0 Å². The Morgan fingerprint density at radius 2 is 2.09 bits per heavy atom. The monoisotopic (exact) mass is 492 g/mol. The van der Waals surface area contributed by atoms with E-state index in [4.69, 9.17) is 12.6 Å². The fourth-order valence-electron chi connectivity index (χ4n) is 4.53. The molecule has 6 nitrogen and oxygen atoms in total. The van der Waals surface area contributed by atoms with E-state index in [1.54, 1.807) is 6.07 Å². The van der Waals surface area contributed by atoms with Crippen molar-refractivity contribution in [2.75, 3.05) is 6.54 Å². The first-order valence-electron chi connectivity index (χ1n) is 11.2. The highest BCUT2D eigenvalue weighted by Crippen LogP contribution is 2.35. The molecule has 34 heavy (non-hydrogen) atoms. The number of halogens is 3. The SMILES string of the molecule is CCN(C(=O)c1nc2ccccc2[nH]1)[C@H]1CCCC(S)(NCc2cccc(OC(F)(F)F)c2)C1. The van der Waals surface area contributed by atoms with E-state index < -0.39 is 11.2 Å². The zero-order valence-corrected chi connectivity index (χ0v) is 19.6. The first-order chi connectivity index (χ1) is 16.2. The van der Waals surface area contributed by atoms with Gasteiger partial charge in [0.1, 0.15) is 5.75 Å². The lowest BCUT2D eigenvalue weighted by Gasteiger charge is -2.42. The molecule has 3 aromatic rings. The minimum absolute atomic E-state index is 0.0376. The number of rotatable bonds is 7. The summed E-state index contributed by atoms with van der Waals surface area (Å²) >= 11 is 4.88. The van der Waals surface area contributed by atoms with Crippen LogP contribution in [0.5, 0.6) is 5.75 Å². The Balaban J connectivity index is 1.43. The van der Waals surface area contributed by atoms with Crippen LogP contribution in [0, 0.1) is 0 Å². The van der Waals surface area contributed by atoms with Gasteiger partial charge in [-0.2, -0.15) is 12.6 Å². The fourth-order valence-corrected chi connectivity index (χ4v) is 4.98. The molecule has 4 rings (SSSR count). The molecule has 1 saturated carbocycles. The highest BCUT2D eigenvalue weighted by molar-refractivity contribution is 7.81. The smallest absolute Gasteiger partial charge is 0.406 e. The third-order valence-corrected chi connectivity index (χ3v) is 6.65. The van der Waals surface area contributed by atoms with Crippen LogP contribution < -0.4 is 10.1 Å². The molecule has 1 aromatic heterocycles. The first kappa shape index (κ1) is 24.4. The van der Waals surface area contributed by atoms with E-state index in [9.17, 15) is 18.0 Å². The summed E-state index contributed by atoms with van der Waals surface area (Å²) in [4.78, 5) is 22.1. The van der Waals surface area contributed by atoms with Crippen molar-refractivity contribution in [2.45, 2.75) is 56.4 Å². The molecule has 1 aliphatic rings. The van der Waals surface area contributed by atoms with Crippen molar-refractivity contribution in [1.82, 2.24) is 20.2 Å². The van der Waals surface area contributed by atoms with Crippen LogP contribution in [0.1, 0.15) is 48.8 Å². The van der Waals surface area contributed by atoms with Gasteiger partial charge in [0.25, 0.3) is 5.91 Å². The van der Waals surface area contributed by atoms with Crippen LogP contribution in [0.3, 0.4) is 0 Å².